The van der Waals surface area contributed by atoms with Crippen molar-refractivity contribution >= 4 is 39.5 Å². The number of carbonyl (C=O) groups excluding carboxylic acids is 4. The first-order valence-corrected chi connectivity index (χ1v) is 42.4. The molecular formula is C76H148O17P2. The summed E-state index contributed by atoms with van der Waals surface area (Å²) in [7, 11) is -9.91. The van der Waals surface area contributed by atoms with E-state index in [1.54, 1.807) is 0 Å². The fourth-order valence-electron chi connectivity index (χ4n) is 11.6. The smallest absolute Gasteiger partial charge is 0.462 e. The zero-order valence-electron chi connectivity index (χ0n) is 62.1. The van der Waals surface area contributed by atoms with Crippen LogP contribution in [-0.4, -0.2) is 96.7 Å². The lowest BCUT2D eigenvalue weighted by atomic mass is 9.99. The highest BCUT2D eigenvalue weighted by Crippen LogP contribution is 2.45. The van der Waals surface area contributed by atoms with E-state index in [2.05, 4.69) is 48.5 Å². The molecule has 0 aromatic carbocycles. The van der Waals surface area contributed by atoms with Crippen molar-refractivity contribution in [2.75, 3.05) is 39.6 Å². The van der Waals surface area contributed by atoms with E-state index in [9.17, 15) is 43.2 Å². The minimum absolute atomic E-state index is 0.106. The molecule has 3 unspecified atom stereocenters. The summed E-state index contributed by atoms with van der Waals surface area (Å²) in [5, 5.41) is 10.6. The van der Waals surface area contributed by atoms with Crippen LogP contribution in [0.3, 0.4) is 0 Å². The van der Waals surface area contributed by atoms with Crippen LogP contribution in [0.2, 0.25) is 0 Å². The van der Waals surface area contributed by atoms with E-state index in [0.717, 1.165) is 108 Å². The highest BCUT2D eigenvalue weighted by Gasteiger charge is 2.30. The van der Waals surface area contributed by atoms with Crippen molar-refractivity contribution in [3.05, 3.63) is 0 Å². The highest BCUT2D eigenvalue weighted by atomic mass is 31.2. The van der Waals surface area contributed by atoms with E-state index >= 15 is 0 Å². The number of rotatable bonds is 74. The molecule has 95 heavy (non-hydrogen) atoms. The number of esters is 4. The van der Waals surface area contributed by atoms with Gasteiger partial charge in [0.1, 0.15) is 19.3 Å². The highest BCUT2D eigenvalue weighted by molar-refractivity contribution is 7.47. The molecule has 0 amide bonds. The largest absolute Gasteiger partial charge is 0.472 e. The van der Waals surface area contributed by atoms with Crippen molar-refractivity contribution in [1.82, 2.24) is 0 Å². The molecule has 0 aliphatic rings. The Morgan fingerprint density at radius 1 is 0.305 bits per heavy atom. The number of phosphoric ester groups is 2. The second kappa shape index (κ2) is 66.6. The number of hydrogen-bond donors (Lipinski definition) is 3. The van der Waals surface area contributed by atoms with Crippen LogP contribution in [-0.2, 0) is 65.4 Å². The predicted octanol–water partition coefficient (Wildman–Crippen LogP) is 22.2. The molecule has 0 saturated carbocycles. The standard InChI is InChI=1S/C76H148O17P2/c1-8-10-11-12-13-14-29-36-43-50-57-73(78)86-63-71(93-76(81)60-53-46-39-32-25-24-28-35-42-49-56-69(7)9-2)65-90-94(82,83)88-61-70(77)62-89-95(84,85)91-66-72(64-87-74(79)58-51-44-37-30-22-19-18-21-27-34-41-48-55-68(5)6)92-75(80)59-52-45-38-31-23-17-15-16-20-26-33-40-47-54-67(3)4/h67-72,77H,8-66H2,1-7H3,(H,82,83)(H,84,85)/t69?,70-,71+,72+/m0/s1. The molecule has 0 aromatic heterocycles. The Hall–Kier alpha value is -1.94. The van der Waals surface area contributed by atoms with Gasteiger partial charge >= 0.3 is 39.5 Å². The number of unbranched alkanes of at least 4 members (excludes halogenated alkanes) is 41. The number of carbonyl (C=O) groups is 4. The van der Waals surface area contributed by atoms with E-state index < -0.39 is 97.5 Å². The van der Waals surface area contributed by atoms with E-state index in [4.69, 9.17) is 37.0 Å². The summed E-state index contributed by atoms with van der Waals surface area (Å²) in [5.41, 5.74) is 0. The summed E-state index contributed by atoms with van der Waals surface area (Å²) in [6.07, 6.45) is 52.5. The molecule has 0 radical (unpaired) electrons. The molecule has 0 heterocycles. The summed E-state index contributed by atoms with van der Waals surface area (Å²) in [6.45, 7) is 11.9. The second-order valence-corrected chi connectivity index (χ2v) is 31.5. The number of hydrogen-bond acceptors (Lipinski definition) is 15. The monoisotopic (exact) mass is 1400 g/mol. The van der Waals surface area contributed by atoms with Gasteiger partial charge in [-0.25, -0.2) is 9.13 Å². The van der Waals surface area contributed by atoms with Crippen molar-refractivity contribution in [1.29, 1.82) is 0 Å². The molecular weight excluding hydrogens is 1250 g/mol. The summed E-state index contributed by atoms with van der Waals surface area (Å²) < 4.78 is 68.5. The Morgan fingerprint density at radius 2 is 0.537 bits per heavy atom. The minimum atomic E-state index is -4.96. The summed E-state index contributed by atoms with van der Waals surface area (Å²) in [6, 6.07) is 0. The van der Waals surface area contributed by atoms with Crippen LogP contribution in [0.15, 0.2) is 0 Å². The van der Waals surface area contributed by atoms with Gasteiger partial charge in [-0.05, 0) is 43.4 Å². The third-order valence-electron chi connectivity index (χ3n) is 18.0. The fourth-order valence-corrected chi connectivity index (χ4v) is 13.1. The van der Waals surface area contributed by atoms with Crippen molar-refractivity contribution in [2.45, 2.75) is 407 Å². The SMILES string of the molecule is CCCCCCCCCCCCC(=O)OC[C@H](COP(=O)(O)OC[C@H](O)COP(=O)(O)OC[C@@H](COC(=O)CCCCCCCCCCCCCCC(C)C)OC(=O)CCCCCCCCCCCCCCCC(C)C)OC(=O)CCCCCCCCCCCCC(C)CC. The van der Waals surface area contributed by atoms with Gasteiger partial charge in [0.25, 0.3) is 0 Å². The second-order valence-electron chi connectivity index (χ2n) is 28.6. The number of ether oxygens (including phenoxy) is 4. The van der Waals surface area contributed by atoms with Gasteiger partial charge in [0, 0.05) is 25.7 Å². The number of aliphatic hydroxyl groups is 1. The molecule has 0 rings (SSSR count). The minimum Gasteiger partial charge on any atom is -0.462 e. The lowest BCUT2D eigenvalue weighted by Gasteiger charge is -2.21. The van der Waals surface area contributed by atoms with Gasteiger partial charge in [0.15, 0.2) is 12.2 Å². The molecule has 0 bridgehead atoms. The first-order chi connectivity index (χ1) is 45.8. The first-order valence-electron chi connectivity index (χ1n) is 39.4. The zero-order valence-corrected chi connectivity index (χ0v) is 63.9. The molecule has 0 aromatic rings. The van der Waals surface area contributed by atoms with Crippen molar-refractivity contribution in [3.8, 4) is 0 Å². The molecule has 0 aliphatic heterocycles. The lowest BCUT2D eigenvalue weighted by molar-refractivity contribution is -0.161. The molecule has 6 atom stereocenters. The molecule has 0 fully saturated rings. The van der Waals surface area contributed by atoms with E-state index in [-0.39, 0.29) is 25.7 Å². The third-order valence-corrected chi connectivity index (χ3v) is 19.9. The molecule has 0 spiro atoms. The lowest BCUT2D eigenvalue weighted by Crippen LogP contribution is -2.30. The number of phosphoric acid groups is 2. The van der Waals surface area contributed by atoms with Crippen LogP contribution in [0.5, 0.6) is 0 Å². The molecule has 19 heteroatoms. The average molecular weight is 1400 g/mol. The van der Waals surface area contributed by atoms with Crippen LogP contribution in [0.4, 0.5) is 0 Å². The molecule has 0 aliphatic carbocycles. The summed E-state index contributed by atoms with van der Waals surface area (Å²) in [5.74, 6) is 0.255. The zero-order chi connectivity index (χ0) is 70.1. The molecule has 17 nitrogen and oxygen atoms in total. The Bertz CT molecular complexity index is 1850. The van der Waals surface area contributed by atoms with Gasteiger partial charge in [-0.3, -0.25) is 37.3 Å². The third kappa shape index (κ3) is 69.0. The Labute approximate surface area is 581 Å². The Balaban J connectivity index is 5.26. The first kappa shape index (κ1) is 93.1. The van der Waals surface area contributed by atoms with Gasteiger partial charge in [-0.15, -0.1) is 0 Å². The summed E-state index contributed by atoms with van der Waals surface area (Å²) in [4.78, 5) is 72.8. The normalized spacial score (nSPS) is 14.4. The van der Waals surface area contributed by atoms with Crippen molar-refractivity contribution < 1.29 is 80.2 Å². The maximum atomic E-state index is 13.1. The summed E-state index contributed by atoms with van der Waals surface area (Å²) >= 11 is 0. The maximum Gasteiger partial charge on any atom is 0.472 e. The topological polar surface area (TPSA) is 237 Å². The van der Waals surface area contributed by atoms with Crippen molar-refractivity contribution in [3.63, 3.8) is 0 Å². The van der Waals surface area contributed by atoms with Gasteiger partial charge < -0.3 is 33.8 Å². The number of aliphatic hydroxyl groups excluding tert-OH is 1. The van der Waals surface area contributed by atoms with Gasteiger partial charge in [-0.2, -0.15) is 0 Å². The van der Waals surface area contributed by atoms with Crippen LogP contribution >= 0.6 is 15.6 Å². The molecule has 0 saturated heterocycles. The maximum absolute atomic E-state index is 13.1. The van der Waals surface area contributed by atoms with E-state index in [1.165, 1.54) is 199 Å². The van der Waals surface area contributed by atoms with E-state index in [1.807, 2.05) is 0 Å². The van der Waals surface area contributed by atoms with Gasteiger partial charge in [0.05, 0.1) is 26.4 Å². The van der Waals surface area contributed by atoms with Crippen molar-refractivity contribution in [2.24, 2.45) is 17.8 Å². The van der Waals surface area contributed by atoms with Gasteiger partial charge in [0.2, 0.25) is 0 Å². The Morgan fingerprint density at radius 3 is 0.800 bits per heavy atom. The van der Waals surface area contributed by atoms with Crippen LogP contribution in [0.25, 0.3) is 0 Å². The van der Waals surface area contributed by atoms with Gasteiger partial charge in [-0.1, -0.05) is 337 Å². The van der Waals surface area contributed by atoms with Crippen LogP contribution in [0.1, 0.15) is 389 Å². The molecule has 3 N–H and O–H groups in total. The Kier molecular flexibility index (Phi) is 65.2. The van der Waals surface area contributed by atoms with Crippen LogP contribution < -0.4 is 0 Å². The quantitative estimate of drug-likeness (QED) is 0.0222. The van der Waals surface area contributed by atoms with E-state index in [0.29, 0.717) is 25.7 Å². The fraction of sp³-hybridized carbons (Fsp3) is 0.947. The van der Waals surface area contributed by atoms with Crippen LogP contribution in [0, 0.1) is 17.8 Å². The average Bonchev–Trinajstić information content (AvgIpc) is 1.74. The predicted molar refractivity (Wildman–Crippen MR) is 386 cm³/mol. The molecule has 564 valence electrons.